The first-order valence-electron chi connectivity index (χ1n) is 9.20. The maximum absolute atomic E-state index is 12.8. The third kappa shape index (κ3) is 4.84. The highest BCUT2D eigenvalue weighted by Crippen LogP contribution is 2.17. The van der Waals surface area contributed by atoms with E-state index in [-0.39, 0.29) is 17.4 Å². The van der Waals surface area contributed by atoms with Crippen LogP contribution in [0.5, 0.6) is 0 Å². The van der Waals surface area contributed by atoms with Crippen molar-refractivity contribution in [1.29, 1.82) is 0 Å². The van der Waals surface area contributed by atoms with Gasteiger partial charge >= 0.3 is 0 Å². The fraction of sp³-hybridized carbons (Fsp3) is 0.381. The Morgan fingerprint density at radius 2 is 1.59 bits per heavy atom. The monoisotopic (exact) mass is 366 g/mol. The van der Waals surface area contributed by atoms with Crippen LogP contribution < -0.4 is 10.2 Å². The van der Waals surface area contributed by atoms with E-state index in [1.165, 1.54) is 18.1 Å². The Bertz CT molecular complexity index is 806. The SMILES string of the molecule is CC(C)(C)NC(=O)c1cncc(C(=O)N2CCN(c3ccccc3)CC2)c1. The first-order valence-corrected chi connectivity index (χ1v) is 9.20. The lowest BCUT2D eigenvalue weighted by atomic mass is 10.1. The minimum atomic E-state index is -0.342. The number of nitrogens with one attached hydrogen (secondary N) is 1. The minimum Gasteiger partial charge on any atom is -0.368 e. The molecule has 2 heterocycles. The molecule has 1 aliphatic heterocycles. The molecular formula is C21H26N4O2. The van der Waals surface area contributed by atoms with Crippen LogP contribution in [0.4, 0.5) is 5.69 Å². The average Bonchev–Trinajstić information content (AvgIpc) is 2.67. The summed E-state index contributed by atoms with van der Waals surface area (Å²) in [6, 6.07) is 11.8. The van der Waals surface area contributed by atoms with E-state index in [0.29, 0.717) is 24.2 Å². The summed E-state index contributed by atoms with van der Waals surface area (Å²) in [5.74, 6) is -0.306. The second-order valence-electron chi connectivity index (χ2n) is 7.78. The first kappa shape index (κ1) is 18.9. The third-order valence-electron chi connectivity index (χ3n) is 4.42. The van der Waals surface area contributed by atoms with E-state index in [0.717, 1.165) is 13.1 Å². The molecule has 2 aromatic rings. The summed E-state index contributed by atoms with van der Waals surface area (Å²) in [7, 11) is 0. The fourth-order valence-corrected chi connectivity index (χ4v) is 3.08. The number of piperazine rings is 1. The predicted octanol–water partition coefficient (Wildman–Crippen LogP) is 2.57. The van der Waals surface area contributed by atoms with Crippen molar-refractivity contribution in [2.75, 3.05) is 31.1 Å². The second kappa shape index (κ2) is 7.78. The molecule has 1 aromatic carbocycles. The van der Waals surface area contributed by atoms with Crippen LogP contribution in [0.15, 0.2) is 48.8 Å². The highest BCUT2D eigenvalue weighted by atomic mass is 16.2. The lowest BCUT2D eigenvalue weighted by molar-refractivity contribution is 0.0746. The van der Waals surface area contributed by atoms with Crippen molar-refractivity contribution >= 4 is 17.5 Å². The summed E-state index contributed by atoms with van der Waals surface area (Å²) < 4.78 is 0. The molecule has 1 aliphatic rings. The van der Waals surface area contributed by atoms with Crippen LogP contribution in [0.3, 0.4) is 0 Å². The molecule has 0 unspecified atom stereocenters. The Balaban J connectivity index is 1.65. The van der Waals surface area contributed by atoms with Gasteiger partial charge in [0.25, 0.3) is 11.8 Å². The molecule has 6 nitrogen and oxygen atoms in total. The van der Waals surface area contributed by atoms with Crippen LogP contribution in [-0.2, 0) is 0 Å². The number of para-hydroxylation sites is 1. The molecule has 2 amide bonds. The maximum atomic E-state index is 12.8. The van der Waals surface area contributed by atoms with Gasteiger partial charge in [0, 0.05) is 49.8 Å². The van der Waals surface area contributed by atoms with Gasteiger partial charge in [-0.3, -0.25) is 14.6 Å². The van der Waals surface area contributed by atoms with Crippen molar-refractivity contribution in [1.82, 2.24) is 15.2 Å². The molecule has 0 spiro atoms. The average molecular weight is 366 g/mol. The minimum absolute atomic E-state index is 0.0828. The van der Waals surface area contributed by atoms with Gasteiger partial charge in [0.1, 0.15) is 0 Å². The van der Waals surface area contributed by atoms with Gasteiger partial charge < -0.3 is 15.1 Å². The molecule has 142 valence electrons. The molecule has 0 aliphatic carbocycles. The van der Waals surface area contributed by atoms with E-state index in [1.807, 2.05) is 43.9 Å². The van der Waals surface area contributed by atoms with Crippen LogP contribution in [0.1, 0.15) is 41.5 Å². The molecular weight excluding hydrogens is 340 g/mol. The fourth-order valence-electron chi connectivity index (χ4n) is 3.08. The van der Waals surface area contributed by atoms with Gasteiger partial charge in [-0.1, -0.05) is 18.2 Å². The van der Waals surface area contributed by atoms with Crippen LogP contribution in [0.2, 0.25) is 0 Å². The quantitative estimate of drug-likeness (QED) is 0.907. The number of amides is 2. The number of carbonyl (C=O) groups is 2. The number of hydrogen-bond acceptors (Lipinski definition) is 4. The van der Waals surface area contributed by atoms with Crippen molar-refractivity contribution in [3.8, 4) is 0 Å². The van der Waals surface area contributed by atoms with Gasteiger partial charge in [0.2, 0.25) is 0 Å². The van der Waals surface area contributed by atoms with Gasteiger partial charge in [-0.15, -0.1) is 0 Å². The second-order valence-corrected chi connectivity index (χ2v) is 7.78. The molecule has 0 saturated carbocycles. The molecule has 1 fully saturated rings. The number of aromatic nitrogens is 1. The zero-order chi connectivity index (χ0) is 19.4. The number of benzene rings is 1. The van der Waals surface area contributed by atoms with E-state index < -0.39 is 0 Å². The van der Waals surface area contributed by atoms with Crippen molar-refractivity contribution < 1.29 is 9.59 Å². The number of hydrogen-bond donors (Lipinski definition) is 1. The summed E-state index contributed by atoms with van der Waals surface area (Å²) >= 11 is 0. The molecule has 6 heteroatoms. The van der Waals surface area contributed by atoms with Gasteiger partial charge in [0.05, 0.1) is 11.1 Å². The van der Waals surface area contributed by atoms with E-state index >= 15 is 0 Å². The summed E-state index contributed by atoms with van der Waals surface area (Å²) in [6.45, 7) is 8.61. The number of carbonyl (C=O) groups excluding carboxylic acids is 2. The Morgan fingerprint density at radius 1 is 0.963 bits per heavy atom. The summed E-state index contributed by atoms with van der Waals surface area (Å²) in [6.07, 6.45) is 3.02. The lowest BCUT2D eigenvalue weighted by Crippen LogP contribution is -2.48. The van der Waals surface area contributed by atoms with E-state index in [9.17, 15) is 9.59 Å². The topological polar surface area (TPSA) is 65.5 Å². The van der Waals surface area contributed by atoms with Crippen molar-refractivity contribution in [3.63, 3.8) is 0 Å². The number of anilines is 1. The molecule has 1 N–H and O–H groups in total. The molecule has 0 radical (unpaired) electrons. The van der Waals surface area contributed by atoms with Crippen molar-refractivity contribution in [2.45, 2.75) is 26.3 Å². The molecule has 0 bridgehead atoms. The first-order chi connectivity index (χ1) is 12.8. The van der Waals surface area contributed by atoms with Crippen molar-refractivity contribution in [2.24, 2.45) is 0 Å². The maximum Gasteiger partial charge on any atom is 0.255 e. The van der Waals surface area contributed by atoms with Gasteiger partial charge in [0.15, 0.2) is 0 Å². The zero-order valence-corrected chi connectivity index (χ0v) is 16.1. The molecule has 3 rings (SSSR count). The van der Waals surface area contributed by atoms with Crippen LogP contribution in [-0.4, -0.2) is 53.4 Å². The van der Waals surface area contributed by atoms with Crippen LogP contribution >= 0.6 is 0 Å². The number of nitrogens with zero attached hydrogens (tertiary/aromatic N) is 3. The zero-order valence-electron chi connectivity index (χ0n) is 16.1. The van der Waals surface area contributed by atoms with Gasteiger partial charge in [-0.2, -0.15) is 0 Å². The Morgan fingerprint density at radius 3 is 2.22 bits per heavy atom. The van der Waals surface area contributed by atoms with E-state index in [2.05, 4.69) is 27.3 Å². The Kier molecular flexibility index (Phi) is 5.44. The van der Waals surface area contributed by atoms with E-state index in [4.69, 9.17) is 0 Å². The smallest absolute Gasteiger partial charge is 0.255 e. The third-order valence-corrected chi connectivity index (χ3v) is 4.42. The van der Waals surface area contributed by atoms with Gasteiger partial charge in [-0.05, 0) is 39.0 Å². The predicted molar refractivity (Wildman–Crippen MR) is 106 cm³/mol. The van der Waals surface area contributed by atoms with Gasteiger partial charge in [-0.25, -0.2) is 0 Å². The van der Waals surface area contributed by atoms with E-state index in [1.54, 1.807) is 6.07 Å². The molecule has 1 aromatic heterocycles. The normalized spacial score (nSPS) is 14.8. The van der Waals surface area contributed by atoms with Crippen molar-refractivity contribution in [3.05, 3.63) is 59.9 Å². The summed E-state index contributed by atoms with van der Waals surface area (Å²) in [4.78, 5) is 33.4. The Labute approximate surface area is 160 Å². The molecule has 27 heavy (non-hydrogen) atoms. The summed E-state index contributed by atoms with van der Waals surface area (Å²) in [5.41, 5.74) is 1.68. The highest BCUT2D eigenvalue weighted by molar-refractivity contribution is 5.99. The van der Waals surface area contributed by atoms with Crippen LogP contribution in [0.25, 0.3) is 0 Å². The lowest BCUT2D eigenvalue weighted by Gasteiger charge is -2.36. The largest absolute Gasteiger partial charge is 0.368 e. The molecule has 1 saturated heterocycles. The number of rotatable bonds is 3. The Hall–Kier alpha value is -2.89. The number of pyridine rings is 1. The molecule has 0 atom stereocenters. The highest BCUT2D eigenvalue weighted by Gasteiger charge is 2.23. The summed E-state index contributed by atoms with van der Waals surface area (Å²) in [5, 5.41) is 2.89. The standard InChI is InChI=1S/C21H26N4O2/c1-21(2,3)23-19(26)16-13-17(15-22-14-16)20(27)25-11-9-24(10-12-25)18-7-5-4-6-8-18/h4-8,13-15H,9-12H2,1-3H3,(H,23,26). The van der Waals surface area contributed by atoms with Crippen LogP contribution in [0, 0.1) is 0 Å².